The van der Waals surface area contributed by atoms with Crippen molar-refractivity contribution in [1.82, 2.24) is 9.78 Å². The number of nitrogen functional groups attached to an aromatic ring is 1. The van der Waals surface area contributed by atoms with Crippen molar-refractivity contribution in [3.05, 3.63) is 18.2 Å². The van der Waals surface area contributed by atoms with Gasteiger partial charge in [0, 0.05) is 12.6 Å². The lowest BCUT2D eigenvalue weighted by molar-refractivity contribution is 0.760. The molecule has 1 aromatic heterocycles. The third-order valence-corrected chi connectivity index (χ3v) is 1.67. The second-order valence-electron chi connectivity index (χ2n) is 2.33. The van der Waals surface area contributed by atoms with Gasteiger partial charge in [0.2, 0.25) is 0 Å². The summed E-state index contributed by atoms with van der Waals surface area (Å²) >= 11 is 0. The van der Waals surface area contributed by atoms with Gasteiger partial charge in [-0.25, -0.2) is 0 Å². The predicted octanol–water partition coefficient (Wildman–Crippen LogP) is 0.687. The first-order chi connectivity index (χ1) is 4.66. The summed E-state index contributed by atoms with van der Waals surface area (Å²) in [5.41, 5.74) is 7.69. The largest absolute Gasteiger partial charge is 0.384 e. The number of anilines is 1. The topological polar surface area (TPSA) is 43.8 Å². The normalized spacial score (nSPS) is 10.3. The van der Waals surface area contributed by atoms with E-state index in [1.807, 2.05) is 14.0 Å². The van der Waals surface area contributed by atoms with Crippen molar-refractivity contribution in [2.75, 3.05) is 5.73 Å². The van der Waals surface area contributed by atoms with Crippen molar-refractivity contribution in [2.24, 2.45) is 7.05 Å². The summed E-state index contributed by atoms with van der Waals surface area (Å²) in [7, 11) is 1.83. The Morgan fingerprint density at radius 2 is 2.30 bits per heavy atom. The van der Waals surface area contributed by atoms with E-state index in [4.69, 9.17) is 5.73 Å². The number of aromatic nitrogens is 2. The first-order valence-corrected chi connectivity index (χ1v) is 3.24. The molecule has 0 amide bonds. The van der Waals surface area contributed by atoms with E-state index < -0.39 is 0 Å². The minimum Gasteiger partial charge on any atom is -0.384 e. The zero-order chi connectivity index (χ0) is 7.72. The Morgan fingerprint density at radius 3 is 2.50 bits per heavy atom. The van der Waals surface area contributed by atoms with Crippen LogP contribution in [0.5, 0.6) is 0 Å². The van der Waals surface area contributed by atoms with Crippen LogP contribution in [0.4, 0.5) is 5.82 Å². The average Bonchev–Trinajstić information content (AvgIpc) is 2.17. The Balaban J connectivity index is 3.17. The fourth-order valence-corrected chi connectivity index (χ4v) is 0.938. The van der Waals surface area contributed by atoms with Gasteiger partial charge in [-0.2, -0.15) is 5.10 Å². The summed E-state index contributed by atoms with van der Waals surface area (Å²) in [4.78, 5) is 0. The molecule has 0 bridgehead atoms. The van der Waals surface area contributed by atoms with Crippen LogP contribution in [-0.2, 0) is 13.5 Å². The highest BCUT2D eigenvalue weighted by atomic mass is 15.3. The molecule has 0 spiro atoms. The van der Waals surface area contributed by atoms with Crippen molar-refractivity contribution < 1.29 is 0 Å². The molecule has 2 N–H and O–H groups in total. The Hall–Kier alpha value is -0.990. The van der Waals surface area contributed by atoms with Gasteiger partial charge < -0.3 is 5.73 Å². The summed E-state index contributed by atoms with van der Waals surface area (Å²) in [6.07, 6.45) is 0.705. The van der Waals surface area contributed by atoms with Gasteiger partial charge in [-0.3, -0.25) is 4.68 Å². The molecule has 0 aliphatic carbocycles. The molecule has 0 fully saturated rings. The van der Waals surface area contributed by atoms with Gasteiger partial charge in [0.05, 0.1) is 5.69 Å². The summed E-state index contributed by atoms with van der Waals surface area (Å²) in [6.45, 7) is 5.70. The van der Waals surface area contributed by atoms with Gasteiger partial charge in [-0.15, -0.1) is 0 Å². The van der Waals surface area contributed by atoms with Crippen LogP contribution < -0.4 is 5.73 Å². The number of nitrogens with two attached hydrogens (primary N) is 1. The van der Waals surface area contributed by atoms with Crippen molar-refractivity contribution in [3.63, 3.8) is 0 Å². The Bertz CT molecular complexity index is 237. The molecule has 0 aliphatic rings. The average molecular weight is 138 g/mol. The molecule has 55 valence electrons. The standard InChI is InChI=1S/C7H12N3/c1-4-6-5(2)7(8)10(3)9-6/h1,4,8H2,2-3H3. The second-order valence-corrected chi connectivity index (χ2v) is 2.33. The van der Waals surface area contributed by atoms with Crippen LogP contribution in [-0.4, -0.2) is 9.78 Å². The van der Waals surface area contributed by atoms with Crippen LogP contribution in [0.2, 0.25) is 0 Å². The van der Waals surface area contributed by atoms with Crippen LogP contribution in [0.15, 0.2) is 0 Å². The molecule has 0 unspecified atom stereocenters. The smallest absolute Gasteiger partial charge is 0.124 e. The quantitative estimate of drug-likeness (QED) is 0.620. The Labute approximate surface area is 60.8 Å². The highest BCUT2D eigenvalue weighted by Crippen LogP contribution is 2.13. The molecular formula is C7H12N3. The number of nitrogens with zero attached hydrogens (tertiary/aromatic N) is 2. The van der Waals surface area contributed by atoms with Crippen molar-refractivity contribution in [3.8, 4) is 0 Å². The van der Waals surface area contributed by atoms with E-state index in [2.05, 4.69) is 12.0 Å². The van der Waals surface area contributed by atoms with Crippen LogP contribution >= 0.6 is 0 Å². The maximum Gasteiger partial charge on any atom is 0.124 e. The van der Waals surface area contributed by atoms with E-state index in [-0.39, 0.29) is 0 Å². The number of aryl methyl sites for hydroxylation is 1. The van der Waals surface area contributed by atoms with E-state index in [0.29, 0.717) is 6.42 Å². The Morgan fingerprint density at radius 1 is 1.70 bits per heavy atom. The zero-order valence-corrected chi connectivity index (χ0v) is 6.39. The molecule has 0 aromatic carbocycles. The third kappa shape index (κ3) is 0.875. The van der Waals surface area contributed by atoms with E-state index in [1.54, 1.807) is 4.68 Å². The third-order valence-electron chi connectivity index (χ3n) is 1.67. The van der Waals surface area contributed by atoms with Crippen LogP contribution in [0.25, 0.3) is 0 Å². The van der Waals surface area contributed by atoms with E-state index in [9.17, 15) is 0 Å². The first-order valence-electron chi connectivity index (χ1n) is 3.24. The van der Waals surface area contributed by atoms with Gasteiger partial charge in [0.25, 0.3) is 0 Å². The molecule has 10 heavy (non-hydrogen) atoms. The maximum atomic E-state index is 5.65. The van der Waals surface area contributed by atoms with Crippen LogP contribution in [0.3, 0.4) is 0 Å². The number of rotatable bonds is 1. The molecule has 1 radical (unpaired) electrons. The minimum atomic E-state index is 0.705. The predicted molar refractivity (Wildman–Crippen MR) is 41.4 cm³/mol. The molecule has 0 atom stereocenters. The van der Waals surface area contributed by atoms with Gasteiger partial charge in [-0.05, 0) is 20.3 Å². The molecule has 3 nitrogen and oxygen atoms in total. The van der Waals surface area contributed by atoms with Crippen molar-refractivity contribution in [2.45, 2.75) is 13.3 Å². The first kappa shape index (κ1) is 7.12. The fourth-order valence-electron chi connectivity index (χ4n) is 0.938. The summed E-state index contributed by atoms with van der Waals surface area (Å²) in [6, 6.07) is 0. The molecule has 1 heterocycles. The number of hydrogen-bond donors (Lipinski definition) is 1. The van der Waals surface area contributed by atoms with Gasteiger partial charge in [-0.1, -0.05) is 0 Å². The number of hydrogen-bond acceptors (Lipinski definition) is 2. The van der Waals surface area contributed by atoms with Crippen LogP contribution in [0.1, 0.15) is 11.3 Å². The highest BCUT2D eigenvalue weighted by Gasteiger charge is 2.05. The lowest BCUT2D eigenvalue weighted by Crippen LogP contribution is -1.97. The monoisotopic (exact) mass is 138 g/mol. The fraction of sp³-hybridized carbons (Fsp3) is 0.429. The molecule has 0 saturated heterocycles. The summed E-state index contributed by atoms with van der Waals surface area (Å²) in [5.74, 6) is 0.735. The van der Waals surface area contributed by atoms with E-state index in [0.717, 1.165) is 17.1 Å². The van der Waals surface area contributed by atoms with Crippen LogP contribution in [0, 0.1) is 13.8 Å². The van der Waals surface area contributed by atoms with E-state index >= 15 is 0 Å². The van der Waals surface area contributed by atoms with Gasteiger partial charge >= 0.3 is 0 Å². The molecular weight excluding hydrogens is 126 g/mol. The van der Waals surface area contributed by atoms with Crippen molar-refractivity contribution in [1.29, 1.82) is 0 Å². The summed E-state index contributed by atoms with van der Waals surface area (Å²) < 4.78 is 1.68. The highest BCUT2D eigenvalue weighted by molar-refractivity contribution is 5.42. The van der Waals surface area contributed by atoms with E-state index in [1.165, 1.54) is 0 Å². The van der Waals surface area contributed by atoms with Gasteiger partial charge in [0.15, 0.2) is 0 Å². The molecule has 1 aromatic rings. The van der Waals surface area contributed by atoms with Gasteiger partial charge in [0.1, 0.15) is 5.82 Å². The minimum absolute atomic E-state index is 0.705. The molecule has 0 saturated carbocycles. The maximum absolute atomic E-state index is 5.65. The second kappa shape index (κ2) is 2.33. The Kier molecular flexibility index (Phi) is 1.66. The van der Waals surface area contributed by atoms with Crippen molar-refractivity contribution >= 4 is 5.82 Å². The lowest BCUT2D eigenvalue weighted by Gasteiger charge is -1.91. The molecule has 1 rings (SSSR count). The molecule has 3 heteroatoms. The zero-order valence-electron chi connectivity index (χ0n) is 6.39. The summed E-state index contributed by atoms with van der Waals surface area (Å²) in [5, 5.41) is 4.16. The molecule has 0 aliphatic heterocycles. The lowest BCUT2D eigenvalue weighted by atomic mass is 10.2. The SMILES string of the molecule is [CH2]Cc1nn(C)c(N)c1C.